The molecule has 0 amide bonds. The highest BCUT2D eigenvalue weighted by atomic mass is 16.6. The summed E-state index contributed by atoms with van der Waals surface area (Å²) in [6, 6.07) is 15.4. The van der Waals surface area contributed by atoms with Gasteiger partial charge in [0.25, 0.3) is 0 Å². The summed E-state index contributed by atoms with van der Waals surface area (Å²) in [5.41, 5.74) is 1.36. The van der Waals surface area contributed by atoms with Gasteiger partial charge >= 0.3 is 17.9 Å². The van der Waals surface area contributed by atoms with Gasteiger partial charge in [0.1, 0.15) is 6.61 Å². The van der Waals surface area contributed by atoms with Gasteiger partial charge in [-0.05, 0) is 19.4 Å². The number of hydrogen-bond acceptors (Lipinski definition) is 9. The van der Waals surface area contributed by atoms with Crippen molar-refractivity contribution in [3.63, 3.8) is 0 Å². The summed E-state index contributed by atoms with van der Waals surface area (Å²) in [5.74, 6) is -1.56. The van der Waals surface area contributed by atoms with Crippen LogP contribution >= 0.6 is 0 Å². The second kappa shape index (κ2) is 18.4. The van der Waals surface area contributed by atoms with Gasteiger partial charge in [0.2, 0.25) is 0 Å². The summed E-state index contributed by atoms with van der Waals surface area (Å²) in [7, 11) is 0. The van der Waals surface area contributed by atoms with Crippen molar-refractivity contribution in [3.8, 4) is 0 Å². The largest absolute Gasteiger partial charge is 0.466 e. The Morgan fingerprint density at radius 2 is 1.23 bits per heavy atom. The zero-order valence-electron chi connectivity index (χ0n) is 22.4. The van der Waals surface area contributed by atoms with E-state index in [4.69, 9.17) is 23.7 Å². The molecule has 0 unspecified atom stereocenters. The highest BCUT2D eigenvalue weighted by Crippen LogP contribution is 2.16. The molecule has 0 bridgehead atoms. The molecule has 0 saturated heterocycles. The van der Waals surface area contributed by atoms with Crippen LogP contribution in [0.5, 0.6) is 0 Å². The van der Waals surface area contributed by atoms with Crippen molar-refractivity contribution in [2.75, 3.05) is 46.2 Å². The van der Waals surface area contributed by atoms with E-state index in [1.165, 1.54) is 0 Å². The maximum atomic E-state index is 12.8. The van der Waals surface area contributed by atoms with E-state index >= 15 is 0 Å². The van der Waals surface area contributed by atoms with Crippen molar-refractivity contribution in [3.05, 3.63) is 83.4 Å². The third-order valence-electron chi connectivity index (χ3n) is 5.27. The minimum atomic E-state index is -0.557. The molecule has 0 aliphatic carbocycles. The molecule has 2 rings (SSSR count). The molecule has 210 valence electrons. The van der Waals surface area contributed by atoms with Crippen molar-refractivity contribution >= 4 is 23.7 Å². The quantitative estimate of drug-likeness (QED) is 0.0844. The average Bonchev–Trinajstić information content (AvgIpc) is 2.95. The first-order chi connectivity index (χ1) is 18.9. The van der Waals surface area contributed by atoms with E-state index in [2.05, 4.69) is 6.58 Å². The highest BCUT2D eigenvalue weighted by Gasteiger charge is 2.18. The van der Waals surface area contributed by atoms with Crippen LogP contribution in [-0.2, 0) is 33.3 Å². The minimum Gasteiger partial charge on any atom is -0.466 e. The number of carbonyl (C=O) groups excluding carboxylic acids is 4. The second-order valence-electron chi connectivity index (χ2n) is 8.55. The Kier molecular flexibility index (Phi) is 14.8. The molecular formula is C30H36O9. The van der Waals surface area contributed by atoms with Crippen LogP contribution in [0, 0.1) is 0 Å². The van der Waals surface area contributed by atoms with Gasteiger partial charge in [-0.2, -0.15) is 0 Å². The van der Waals surface area contributed by atoms with E-state index in [0.29, 0.717) is 55.8 Å². The Morgan fingerprint density at radius 3 is 1.92 bits per heavy atom. The Balaban J connectivity index is 1.48. The van der Waals surface area contributed by atoms with Gasteiger partial charge in [-0.15, -0.1) is 0 Å². The number of rotatable bonds is 19. The lowest BCUT2D eigenvalue weighted by Crippen LogP contribution is -2.14. The fourth-order valence-electron chi connectivity index (χ4n) is 3.27. The van der Waals surface area contributed by atoms with Crippen LogP contribution in [0.2, 0.25) is 0 Å². The Morgan fingerprint density at radius 1 is 0.641 bits per heavy atom. The molecule has 0 atom stereocenters. The molecule has 0 heterocycles. The van der Waals surface area contributed by atoms with E-state index < -0.39 is 11.9 Å². The summed E-state index contributed by atoms with van der Waals surface area (Å²) in [6.07, 6.45) is 1.78. The molecule has 0 fully saturated rings. The van der Waals surface area contributed by atoms with Gasteiger partial charge in [-0.3, -0.25) is 9.59 Å². The van der Waals surface area contributed by atoms with Crippen molar-refractivity contribution in [2.45, 2.75) is 32.6 Å². The van der Waals surface area contributed by atoms with Crippen LogP contribution in [0.4, 0.5) is 0 Å². The third-order valence-corrected chi connectivity index (χ3v) is 5.27. The molecule has 2 aromatic rings. The standard InChI is InChI=1S/C30H36O9/c1-23(2)29(33)39-22-21-36-16-8-15-27(31)37-19-9-17-35-18-10-20-38-30(34)26-14-7-6-13-25(26)28(32)24-11-4-3-5-12-24/h3-7,11-14H,1,8-10,15-22H2,2H3. The van der Waals surface area contributed by atoms with E-state index in [0.717, 1.165) is 0 Å². The van der Waals surface area contributed by atoms with Crippen molar-refractivity contribution in [1.82, 2.24) is 0 Å². The Hall–Kier alpha value is -3.82. The Bertz CT molecular complexity index is 1080. The topological polar surface area (TPSA) is 114 Å². The first kappa shape index (κ1) is 31.4. The van der Waals surface area contributed by atoms with Crippen LogP contribution in [0.15, 0.2) is 66.7 Å². The molecule has 0 radical (unpaired) electrons. The predicted octanol–water partition coefficient (Wildman–Crippen LogP) is 4.33. The Labute approximate surface area is 229 Å². The van der Waals surface area contributed by atoms with Gasteiger partial charge < -0.3 is 23.7 Å². The van der Waals surface area contributed by atoms with Gasteiger partial charge in [0.05, 0.1) is 25.4 Å². The summed E-state index contributed by atoms with van der Waals surface area (Å²) < 4.78 is 26.2. The number of esters is 3. The van der Waals surface area contributed by atoms with Crippen LogP contribution in [0.25, 0.3) is 0 Å². The van der Waals surface area contributed by atoms with Gasteiger partial charge in [0.15, 0.2) is 5.78 Å². The number of benzene rings is 2. The van der Waals surface area contributed by atoms with E-state index in [1.54, 1.807) is 55.5 Å². The molecule has 9 nitrogen and oxygen atoms in total. The number of hydrogen-bond donors (Lipinski definition) is 0. The van der Waals surface area contributed by atoms with Gasteiger partial charge in [-0.25, -0.2) is 9.59 Å². The van der Waals surface area contributed by atoms with Crippen molar-refractivity contribution < 1.29 is 42.9 Å². The fraction of sp³-hybridized carbons (Fsp3) is 0.400. The first-order valence-corrected chi connectivity index (χ1v) is 12.9. The molecule has 0 spiro atoms. The molecular weight excluding hydrogens is 504 g/mol. The third kappa shape index (κ3) is 12.5. The van der Waals surface area contributed by atoms with Gasteiger partial charge in [-0.1, -0.05) is 55.1 Å². The smallest absolute Gasteiger partial charge is 0.338 e. The zero-order valence-corrected chi connectivity index (χ0v) is 22.4. The lowest BCUT2D eigenvalue weighted by atomic mass is 9.98. The van der Waals surface area contributed by atoms with Crippen LogP contribution in [0.1, 0.15) is 58.9 Å². The molecule has 0 N–H and O–H groups in total. The predicted molar refractivity (Wildman–Crippen MR) is 143 cm³/mol. The molecule has 39 heavy (non-hydrogen) atoms. The maximum absolute atomic E-state index is 12.8. The van der Waals surface area contributed by atoms with E-state index in [-0.39, 0.29) is 50.2 Å². The van der Waals surface area contributed by atoms with Crippen LogP contribution in [-0.4, -0.2) is 69.9 Å². The number of ether oxygens (including phenoxy) is 5. The number of ketones is 1. The van der Waals surface area contributed by atoms with Crippen LogP contribution in [0.3, 0.4) is 0 Å². The molecule has 0 saturated carbocycles. The molecule has 2 aromatic carbocycles. The zero-order chi connectivity index (χ0) is 28.3. The molecule has 0 aliphatic heterocycles. The molecule has 9 heteroatoms. The second-order valence-corrected chi connectivity index (χ2v) is 8.55. The first-order valence-electron chi connectivity index (χ1n) is 12.9. The average molecular weight is 541 g/mol. The lowest BCUT2D eigenvalue weighted by molar-refractivity contribution is -0.144. The van der Waals surface area contributed by atoms with E-state index in [9.17, 15) is 19.2 Å². The van der Waals surface area contributed by atoms with Crippen LogP contribution < -0.4 is 0 Å². The minimum absolute atomic E-state index is 0.141. The number of carbonyl (C=O) groups is 4. The molecule has 0 aliphatic rings. The van der Waals surface area contributed by atoms with E-state index in [1.807, 2.05) is 6.07 Å². The fourth-order valence-corrected chi connectivity index (χ4v) is 3.27. The SMILES string of the molecule is C=C(C)C(=O)OCCOCCCC(=O)OCCCOCCCOC(=O)c1ccccc1C(=O)c1ccccc1. The summed E-state index contributed by atoms with van der Waals surface area (Å²) in [5, 5.41) is 0. The summed E-state index contributed by atoms with van der Waals surface area (Å²) in [6.45, 7) is 7.00. The summed E-state index contributed by atoms with van der Waals surface area (Å²) >= 11 is 0. The van der Waals surface area contributed by atoms with Crippen molar-refractivity contribution in [2.24, 2.45) is 0 Å². The summed E-state index contributed by atoms with van der Waals surface area (Å²) in [4.78, 5) is 48.2. The van der Waals surface area contributed by atoms with Crippen molar-refractivity contribution in [1.29, 1.82) is 0 Å². The normalized spacial score (nSPS) is 10.5. The molecule has 0 aromatic heterocycles. The lowest BCUT2D eigenvalue weighted by Gasteiger charge is -2.10. The highest BCUT2D eigenvalue weighted by molar-refractivity contribution is 6.14. The monoisotopic (exact) mass is 540 g/mol. The maximum Gasteiger partial charge on any atom is 0.338 e. The van der Waals surface area contributed by atoms with Gasteiger partial charge in [0, 0.05) is 55.8 Å².